The van der Waals surface area contributed by atoms with Gasteiger partial charge in [-0.2, -0.15) is 0 Å². The summed E-state index contributed by atoms with van der Waals surface area (Å²) in [6.07, 6.45) is 14.8. The van der Waals surface area contributed by atoms with Crippen molar-refractivity contribution in [2.75, 3.05) is 4.90 Å². The zero-order valence-electron chi connectivity index (χ0n) is 23.8. The van der Waals surface area contributed by atoms with E-state index in [0.717, 1.165) is 17.1 Å². The van der Waals surface area contributed by atoms with Crippen molar-refractivity contribution >= 4 is 32.9 Å². The van der Waals surface area contributed by atoms with Gasteiger partial charge in [0.25, 0.3) is 0 Å². The average molecular weight is 539 g/mol. The fourth-order valence-electron chi connectivity index (χ4n) is 6.47. The van der Waals surface area contributed by atoms with Gasteiger partial charge in [0.05, 0.1) is 11.9 Å². The van der Waals surface area contributed by atoms with Crippen LogP contribution in [0.25, 0.3) is 54.9 Å². The molecule has 0 N–H and O–H groups in total. The first-order chi connectivity index (χ1) is 20.6. The molecule has 1 aromatic heterocycles. The molecular weight excluding hydrogens is 508 g/mol. The minimum absolute atomic E-state index is 0.00483. The molecule has 200 valence electrons. The number of anilines is 2. The second kappa shape index (κ2) is 9.43. The third-order valence-corrected chi connectivity index (χ3v) is 8.58. The number of nitrogens with zero attached hydrogens (tertiary/aromatic N) is 2. The van der Waals surface area contributed by atoms with Gasteiger partial charge >= 0.3 is 0 Å². The smallest absolute Gasteiger partial charge is 0.0644 e. The fourth-order valence-corrected chi connectivity index (χ4v) is 6.47. The maximum absolute atomic E-state index is 4.42. The van der Waals surface area contributed by atoms with Crippen LogP contribution in [0.15, 0.2) is 152 Å². The van der Waals surface area contributed by atoms with Crippen molar-refractivity contribution < 1.29 is 0 Å². The van der Waals surface area contributed by atoms with Crippen molar-refractivity contribution in [3.05, 3.63) is 152 Å². The zero-order chi connectivity index (χ0) is 28.3. The molecule has 8 rings (SSSR count). The Bertz CT molecular complexity index is 2050. The minimum atomic E-state index is 0.00483. The van der Waals surface area contributed by atoms with Crippen molar-refractivity contribution in [3.8, 4) is 33.4 Å². The SMILES string of the molecule is CC1(C)C=CC=C(N(c2ccc(-c3ccc4c5c(cccc35)-c3cc5ccccc5cc3-4)cc2)c2cccnc2)C=C1. The van der Waals surface area contributed by atoms with Crippen LogP contribution in [0.3, 0.4) is 0 Å². The Balaban J connectivity index is 1.23. The summed E-state index contributed by atoms with van der Waals surface area (Å²) in [5.74, 6) is 0. The van der Waals surface area contributed by atoms with E-state index in [2.05, 4.69) is 151 Å². The lowest BCUT2D eigenvalue weighted by Crippen LogP contribution is -2.15. The van der Waals surface area contributed by atoms with Crippen LogP contribution in [0.1, 0.15) is 13.8 Å². The number of allylic oxidation sites excluding steroid dienone is 5. The molecule has 6 aromatic rings. The molecule has 2 aliphatic carbocycles. The Morgan fingerprint density at radius 1 is 0.619 bits per heavy atom. The van der Waals surface area contributed by atoms with Crippen LogP contribution < -0.4 is 4.90 Å². The number of rotatable bonds is 4. The number of pyridine rings is 1. The maximum Gasteiger partial charge on any atom is 0.0644 e. The van der Waals surface area contributed by atoms with Gasteiger partial charge in [0, 0.05) is 23.0 Å². The zero-order valence-corrected chi connectivity index (χ0v) is 23.8. The molecule has 2 heteroatoms. The molecule has 5 aromatic carbocycles. The Kier molecular flexibility index (Phi) is 5.52. The van der Waals surface area contributed by atoms with E-state index in [0.29, 0.717) is 0 Å². The third kappa shape index (κ3) is 3.99. The van der Waals surface area contributed by atoms with Crippen molar-refractivity contribution in [2.45, 2.75) is 13.8 Å². The highest BCUT2D eigenvalue weighted by atomic mass is 15.1. The summed E-state index contributed by atoms with van der Waals surface area (Å²) in [6, 6.07) is 37.8. The summed E-state index contributed by atoms with van der Waals surface area (Å²) in [6.45, 7) is 4.44. The summed E-state index contributed by atoms with van der Waals surface area (Å²) < 4.78 is 0. The van der Waals surface area contributed by atoms with Gasteiger partial charge in [0.2, 0.25) is 0 Å². The van der Waals surface area contributed by atoms with E-state index < -0.39 is 0 Å². The van der Waals surface area contributed by atoms with E-state index >= 15 is 0 Å². The van der Waals surface area contributed by atoms with Crippen molar-refractivity contribution in [1.82, 2.24) is 4.98 Å². The van der Waals surface area contributed by atoms with Gasteiger partial charge in [-0.15, -0.1) is 0 Å². The first-order valence-corrected chi connectivity index (χ1v) is 14.5. The van der Waals surface area contributed by atoms with E-state index in [1.807, 2.05) is 18.5 Å². The topological polar surface area (TPSA) is 16.1 Å². The van der Waals surface area contributed by atoms with Gasteiger partial charge in [-0.1, -0.05) is 98.8 Å². The summed E-state index contributed by atoms with van der Waals surface area (Å²) >= 11 is 0. The molecule has 0 amide bonds. The largest absolute Gasteiger partial charge is 0.309 e. The van der Waals surface area contributed by atoms with Gasteiger partial charge in [0.1, 0.15) is 0 Å². The third-order valence-electron chi connectivity index (χ3n) is 8.58. The van der Waals surface area contributed by atoms with Crippen LogP contribution in [0, 0.1) is 5.41 Å². The molecule has 0 radical (unpaired) electrons. The maximum atomic E-state index is 4.42. The molecule has 1 heterocycles. The quantitative estimate of drug-likeness (QED) is 0.222. The second-order valence-corrected chi connectivity index (χ2v) is 11.8. The summed E-state index contributed by atoms with van der Waals surface area (Å²) in [5, 5.41) is 5.22. The predicted octanol–water partition coefficient (Wildman–Crippen LogP) is 10.9. The highest BCUT2D eigenvalue weighted by Gasteiger charge is 2.23. The lowest BCUT2D eigenvalue weighted by Gasteiger charge is -2.26. The summed E-state index contributed by atoms with van der Waals surface area (Å²) in [5.41, 5.74) is 11.0. The van der Waals surface area contributed by atoms with E-state index in [1.54, 1.807) is 0 Å². The number of hydrogen-bond donors (Lipinski definition) is 0. The summed E-state index contributed by atoms with van der Waals surface area (Å²) in [7, 11) is 0. The molecule has 0 atom stereocenters. The second-order valence-electron chi connectivity index (χ2n) is 11.8. The molecule has 0 saturated carbocycles. The molecule has 0 aliphatic heterocycles. The molecular formula is C40H30N2. The Morgan fingerprint density at radius 2 is 1.36 bits per heavy atom. The van der Waals surface area contributed by atoms with Crippen molar-refractivity contribution in [1.29, 1.82) is 0 Å². The molecule has 0 spiro atoms. The highest BCUT2D eigenvalue weighted by molar-refractivity contribution is 6.20. The first-order valence-electron chi connectivity index (χ1n) is 14.5. The van der Waals surface area contributed by atoms with Crippen LogP contribution in [0.2, 0.25) is 0 Å². The minimum Gasteiger partial charge on any atom is -0.309 e. The van der Waals surface area contributed by atoms with E-state index in [9.17, 15) is 0 Å². The van der Waals surface area contributed by atoms with Crippen molar-refractivity contribution in [2.24, 2.45) is 5.41 Å². The van der Waals surface area contributed by atoms with E-state index in [4.69, 9.17) is 0 Å². The van der Waals surface area contributed by atoms with E-state index in [-0.39, 0.29) is 5.41 Å². The molecule has 2 nitrogen and oxygen atoms in total. The number of fused-ring (bicyclic) bond motifs is 4. The first kappa shape index (κ1) is 24.6. The highest BCUT2D eigenvalue weighted by Crippen LogP contribution is 2.50. The molecule has 0 unspecified atom stereocenters. The lowest BCUT2D eigenvalue weighted by atomic mass is 9.93. The van der Waals surface area contributed by atoms with Gasteiger partial charge in [-0.25, -0.2) is 0 Å². The van der Waals surface area contributed by atoms with Gasteiger partial charge in [-0.3, -0.25) is 4.98 Å². The molecule has 0 bridgehead atoms. The molecule has 42 heavy (non-hydrogen) atoms. The Hall–Kier alpha value is -5.21. The molecule has 2 aliphatic rings. The number of hydrogen-bond acceptors (Lipinski definition) is 2. The van der Waals surface area contributed by atoms with Crippen LogP contribution in [-0.2, 0) is 0 Å². The number of aromatic nitrogens is 1. The Morgan fingerprint density at radius 3 is 2.10 bits per heavy atom. The van der Waals surface area contributed by atoms with Crippen molar-refractivity contribution in [3.63, 3.8) is 0 Å². The predicted molar refractivity (Wildman–Crippen MR) is 178 cm³/mol. The monoisotopic (exact) mass is 538 g/mol. The van der Waals surface area contributed by atoms with Crippen LogP contribution >= 0.6 is 0 Å². The lowest BCUT2D eigenvalue weighted by molar-refractivity contribution is 0.627. The standard InChI is InChI=1S/C40H30N2/c1-40(2)21-6-10-30(20-22-40)42(32-11-7-23-41-26-32)31-16-14-27(15-17-31)33-18-19-36-38-25-29-9-4-3-8-28(29)24-37(38)35-13-5-12-34(33)39(35)36/h3-26H,1-2H3. The molecule has 0 fully saturated rings. The average Bonchev–Trinajstić information content (AvgIpc) is 3.21. The molecule has 0 saturated heterocycles. The van der Waals surface area contributed by atoms with Gasteiger partial charge in [0.15, 0.2) is 0 Å². The van der Waals surface area contributed by atoms with Crippen LogP contribution in [0.4, 0.5) is 11.4 Å². The summed E-state index contributed by atoms with van der Waals surface area (Å²) in [4.78, 5) is 6.70. The van der Waals surface area contributed by atoms with Gasteiger partial charge < -0.3 is 4.90 Å². The number of benzene rings is 5. The van der Waals surface area contributed by atoms with Crippen LogP contribution in [0.5, 0.6) is 0 Å². The normalized spacial score (nSPS) is 14.6. The van der Waals surface area contributed by atoms with E-state index in [1.165, 1.54) is 54.9 Å². The fraction of sp³-hybridized carbons (Fsp3) is 0.0750. The van der Waals surface area contributed by atoms with Gasteiger partial charge in [-0.05, 0) is 103 Å². The Labute approximate surface area is 246 Å². The van der Waals surface area contributed by atoms with Crippen LogP contribution in [-0.4, -0.2) is 4.98 Å².